The highest BCUT2D eigenvalue weighted by Gasteiger charge is 2.10. The molecule has 0 aromatic carbocycles. The number of hydrogen-bond donors (Lipinski definition) is 0. The van der Waals surface area contributed by atoms with E-state index in [1.54, 1.807) is 0 Å². The van der Waals surface area contributed by atoms with Crippen LogP contribution in [0, 0.1) is 5.92 Å². The van der Waals surface area contributed by atoms with Crippen molar-refractivity contribution in [1.82, 2.24) is 0 Å². The third-order valence-corrected chi connectivity index (χ3v) is 1.58. The second-order valence-electron chi connectivity index (χ2n) is 2.51. The molecule has 0 aliphatic heterocycles. The lowest BCUT2D eigenvalue weighted by Gasteiger charge is -2.08. The number of ether oxygens (including phenoxy) is 2. The van der Waals surface area contributed by atoms with Gasteiger partial charge in [-0.2, -0.15) is 0 Å². The predicted octanol–water partition coefficient (Wildman–Crippen LogP) is 1.74. The molecule has 0 aromatic heterocycles. The minimum Gasteiger partial charge on any atom is -0.498 e. The van der Waals surface area contributed by atoms with Crippen molar-refractivity contribution in [2.45, 2.75) is 20.3 Å². The molecule has 0 fully saturated rings. The van der Waals surface area contributed by atoms with Gasteiger partial charge in [-0.1, -0.05) is 20.4 Å². The van der Waals surface area contributed by atoms with E-state index in [9.17, 15) is 4.79 Å². The molecule has 3 heteroatoms. The Bertz CT molecular complexity index is 143. The minimum atomic E-state index is -0.162. The van der Waals surface area contributed by atoms with E-state index < -0.39 is 0 Å². The lowest BCUT2D eigenvalue weighted by Crippen LogP contribution is -2.16. The molecular weight excluding hydrogens is 156 g/mol. The van der Waals surface area contributed by atoms with E-state index in [1.165, 1.54) is 6.26 Å². The number of esters is 1. The van der Waals surface area contributed by atoms with Gasteiger partial charge in [-0.25, -0.2) is 0 Å². The highest BCUT2D eigenvalue weighted by molar-refractivity contribution is 5.71. The average molecular weight is 172 g/mol. The van der Waals surface area contributed by atoms with Crippen LogP contribution in [0.1, 0.15) is 20.3 Å². The van der Waals surface area contributed by atoms with Gasteiger partial charge in [0.05, 0.1) is 12.2 Å². The van der Waals surface area contributed by atoms with E-state index >= 15 is 0 Å². The second-order valence-corrected chi connectivity index (χ2v) is 2.51. The average Bonchev–Trinajstić information content (AvgIpc) is 2.10. The van der Waals surface area contributed by atoms with Gasteiger partial charge >= 0.3 is 5.97 Å². The first-order chi connectivity index (χ1) is 5.72. The molecule has 70 valence electrons. The maximum absolute atomic E-state index is 11.0. The van der Waals surface area contributed by atoms with Crippen molar-refractivity contribution in [1.29, 1.82) is 0 Å². The van der Waals surface area contributed by atoms with Crippen LogP contribution in [0.5, 0.6) is 0 Å². The summed E-state index contributed by atoms with van der Waals surface area (Å²) in [6.45, 7) is 7.84. The fraction of sp³-hybridized carbons (Fsp3) is 0.667. The molecule has 3 nitrogen and oxygen atoms in total. The molecular formula is C9H16O3. The minimum absolute atomic E-state index is 0.0197. The van der Waals surface area contributed by atoms with Crippen molar-refractivity contribution >= 4 is 5.97 Å². The topological polar surface area (TPSA) is 35.5 Å². The van der Waals surface area contributed by atoms with Crippen molar-refractivity contribution in [2.75, 3.05) is 13.2 Å². The van der Waals surface area contributed by atoms with Gasteiger partial charge < -0.3 is 9.47 Å². The SMILES string of the molecule is C=COCCOC(=O)C(C)CC. The zero-order valence-electron chi connectivity index (χ0n) is 7.71. The largest absolute Gasteiger partial charge is 0.498 e. The molecule has 0 aromatic rings. The third-order valence-electron chi connectivity index (χ3n) is 1.58. The van der Waals surface area contributed by atoms with Crippen LogP contribution in [0.15, 0.2) is 12.8 Å². The Kier molecular flexibility index (Phi) is 6.15. The highest BCUT2D eigenvalue weighted by atomic mass is 16.6. The molecule has 0 saturated heterocycles. The fourth-order valence-corrected chi connectivity index (χ4v) is 0.583. The Morgan fingerprint density at radius 3 is 2.75 bits per heavy atom. The van der Waals surface area contributed by atoms with Crippen LogP contribution in [0.2, 0.25) is 0 Å². The highest BCUT2D eigenvalue weighted by Crippen LogP contribution is 2.02. The van der Waals surface area contributed by atoms with Gasteiger partial charge in [0, 0.05) is 0 Å². The normalized spacial score (nSPS) is 11.8. The summed E-state index contributed by atoms with van der Waals surface area (Å²) in [6.07, 6.45) is 2.14. The van der Waals surface area contributed by atoms with Crippen LogP contribution in [-0.2, 0) is 14.3 Å². The predicted molar refractivity (Wildman–Crippen MR) is 46.6 cm³/mol. The van der Waals surface area contributed by atoms with Gasteiger partial charge in [0.15, 0.2) is 0 Å². The van der Waals surface area contributed by atoms with Crippen molar-refractivity contribution in [2.24, 2.45) is 5.92 Å². The summed E-state index contributed by atoms with van der Waals surface area (Å²) in [5.74, 6) is -0.182. The van der Waals surface area contributed by atoms with Gasteiger partial charge in [0.2, 0.25) is 0 Å². The van der Waals surface area contributed by atoms with Gasteiger partial charge in [0.25, 0.3) is 0 Å². The Hall–Kier alpha value is -0.990. The van der Waals surface area contributed by atoms with Crippen molar-refractivity contribution in [3.63, 3.8) is 0 Å². The summed E-state index contributed by atoms with van der Waals surface area (Å²) in [4.78, 5) is 11.0. The summed E-state index contributed by atoms with van der Waals surface area (Å²) in [5, 5.41) is 0. The molecule has 12 heavy (non-hydrogen) atoms. The summed E-state index contributed by atoms with van der Waals surface area (Å²) in [5.41, 5.74) is 0. The molecule has 1 atom stereocenters. The number of rotatable bonds is 6. The van der Waals surface area contributed by atoms with Gasteiger partial charge in [-0.15, -0.1) is 0 Å². The monoisotopic (exact) mass is 172 g/mol. The molecule has 0 heterocycles. The smallest absolute Gasteiger partial charge is 0.308 e. The van der Waals surface area contributed by atoms with Crippen LogP contribution < -0.4 is 0 Å². The van der Waals surface area contributed by atoms with E-state index in [0.29, 0.717) is 13.2 Å². The van der Waals surface area contributed by atoms with Crippen LogP contribution in [0.25, 0.3) is 0 Å². The molecule has 0 rings (SSSR count). The number of carbonyl (C=O) groups is 1. The van der Waals surface area contributed by atoms with Gasteiger partial charge in [-0.05, 0) is 6.42 Å². The Morgan fingerprint density at radius 2 is 2.25 bits per heavy atom. The van der Waals surface area contributed by atoms with Crippen LogP contribution >= 0.6 is 0 Å². The van der Waals surface area contributed by atoms with Crippen LogP contribution in [0.3, 0.4) is 0 Å². The maximum Gasteiger partial charge on any atom is 0.308 e. The van der Waals surface area contributed by atoms with Crippen molar-refractivity contribution in [3.05, 3.63) is 12.8 Å². The molecule has 0 aliphatic rings. The van der Waals surface area contributed by atoms with Crippen LogP contribution in [-0.4, -0.2) is 19.2 Å². The first-order valence-corrected chi connectivity index (χ1v) is 4.11. The lowest BCUT2D eigenvalue weighted by molar-refractivity contribution is -0.149. The summed E-state index contributed by atoms with van der Waals surface area (Å²) in [7, 11) is 0. The van der Waals surface area contributed by atoms with Crippen molar-refractivity contribution < 1.29 is 14.3 Å². The molecule has 0 bridgehead atoms. The third kappa shape index (κ3) is 4.77. The van der Waals surface area contributed by atoms with Gasteiger partial charge in [0.1, 0.15) is 13.2 Å². The van der Waals surface area contributed by atoms with Gasteiger partial charge in [-0.3, -0.25) is 4.79 Å². The molecule has 0 spiro atoms. The molecule has 0 saturated carbocycles. The summed E-state index contributed by atoms with van der Waals surface area (Å²) in [6, 6.07) is 0. The first-order valence-electron chi connectivity index (χ1n) is 4.11. The number of carbonyl (C=O) groups excluding carboxylic acids is 1. The van der Waals surface area contributed by atoms with Crippen molar-refractivity contribution in [3.8, 4) is 0 Å². The molecule has 0 radical (unpaired) electrons. The quantitative estimate of drug-likeness (QED) is 0.348. The van der Waals surface area contributed by atoms with Crippen LogP contribution in [0.4, 0.5) is 0 Å². The summed E-state index contributed by atoms with van der Waals surface area (Å²) < 4.78 is 9.67. The first kappa shape index (κ1) is 11.0. The fourth-order valence-electron chi connectivity index (χ4n) is 0.583. The maximum atomic E-state index is 11.0. The van der Waals surface area contributed by atoms with E-state index in [2.05, 4.69) is 6.58 Å². The van der Waals surface area contributed by atoms with E-state index in [1.807, 2.05) is 13.8 Å². The second kappa shape index (κ2) is 6.70. The standard InChI is InChI=1S/C9H16O3/c1-4-8(3)9(10)12-7-6-11-5-2/h5,8H,2,4,6-7H2,1,3H3. The zero-order chi connectivity index (χ0) is 9.40. The lowest BCUT2D eigenvalue weighted by atomic mass is 10.1. The summed E-state index contributed by atoms with van der Waals surface area (Å²) >= 11 is 0. The Balaban J connectivity index is 3.37. The van der Waals surface area contributed by atoms with E-state index in [-0.39, 0.29) is 11.9 Å². The van der Waals surface area contributed by atoms with E-state index in [4.69, 9.17) is 9.47 Å². The molecule has 0 amide bonds. The molecule has 0 aliphatic carbocycles. The van der Waals surface area contributed by atoms with E-state index in [0.717, 1.165) is 6.42 Å². The Labute approximate surface area is 73.4 Å². The zero-order valence-corrected chi connectivity index (χ0v) is 7.71. The molecule has 0 N–H and O–H groups in total. The Morgan fingerprint density at radius 1 is 1.58 bits per heavy atom. The number of hydrogen-bond acceptors (Lipinski definition) is 3. The molecule has 1 unspecified atom stereocenters.